The van der Waals surface area contributed by atoms with Crippen LogP contribution < -0.4 is 15.4 Å². The van der Waals surface area contributed by atoms with Crippen molar-refractivity contribution in [1.29, 1.82) is 0 Å². The SMILES string of the molecule is CCOc1ccc(NC(=O)NCCn2c(CCc3ccccc3)nc3ccccc32)cc1. The van der Waals surface area contributed by atoms with Crippen molar-refractivity contribution in [2.75, 3.05) is 18.5 Å². The van der Waals surface area contributed by atoms with Gasteiger partial charge < -0.3 is 19.9 Å². The van der Waals surface area contributed by atoms with Crippen LogP contribution in [0.25, 0.3) is 11.0 Å². The molecular formula is C26H28N4O2. The van der Waals surface area contributed by atoms with Crippen LogP contribution in [0.5, 0.6) is 5.75 Å². The van der Waals surface area contributed by atoms with E-state index in [1.165, 1.54) is 5.56 Å². The molecule has 1 aromatic heterocycles. The molecule has 0 saturated carbocycles. The first kappa shape index (κ1) is 21.4. The van der Waals surface area contributed by atoms with Gasteiger partial charge in [0.05, 0.1) is 17.6 Å². The van der Waals surface area contributed by atoms with Crippen molar-refractivity contribution in [2.24, 2.45) is 0 Å². The van der Waals surface area contributed by atoms with E-state index in [1.807, 2.05) is 55.5 Å². The summed E-state index contributed by atoms with van der Waals surface area (Å²) in [4.78, 5) is 17.2. The number of aromatic nitrogens is 2. The van der Waals surface area contributed by atoms with E-state index in [-0.39, 0.29) is 6.03 Å². The fourth-order valence-corrected chi connectivity index (χ4v) is 3.72. The minimum absolute atomic E-state index is 0.232. The number of hydrogen-bond donors (Lipinski definition) is 2. The van der Waals surface area contributed by atoms with Gasteiger partial charge in [0.15, 0.2) is 0 Å². The average molecular weight is 429 g/mol. The summed E-state index contributed by atoms with van der Waals surface area (Å²) >= 11 is 0. The van der Waals surface area contributed by atoms with Crippen molar-refractivity contribution >= 4 is 22.8 Å². The largest absolute Gasteiger partial charge is 0.494 e. The molecule has 0 bridgehead atoms. The molecular weight excluding hydrogens is 400 g/mol. The molecule has 0 fully saturated rings. The zero-order chi connectivity index (χ0) is 22.2. The second-order valence-electron chi connectivity index (χ2n) is 7.49. The number of anilines is 1. The molecule has 2 amide bonds. The molecule has 6 nitrogen and oxygen atoms in total. The summed E-state index contributed by atoms with van der Waals surface area (Å²) in [5.41, 5.74) is 4.08. The first-order chi connectivity index (χ1) is 15.7. The zero-order valence-corrected chi connectivity index (χ0v) is 18.3. The molecule has 1 heterocycles. The first-order valence-corrected chi connectivity index (χ1v) is 11.0. The van der Waals surface area contributed by atoms with Gasteiger partial charge in [-0.2, -0.15) is 0 Å². The molecule has 2 N–H and O–H groups in total. The summed E-state index contributed by atoms with van der Waals surface area (Å²) < 4.78 is 7.63. The highest BCUT2D eigenvalue weighted by molar-refractivity contribution is 5.89. The third kappa shape index (κ3) is 5.46. The van der Waals surface area contributed by atoms with Crippen LogP contribution in [0.15, 0.2) is 78.9 Å². The fraction of sp³-hybridized carbons (Fsp3) is 0.231. The lowest BCUT2D eigenvalue weighted by Crippen LogP contribution is -2.31. The topological polar surface area (TPSA) is 68.2 Å². The van der Waals surface area contributed by atoms with Gasteiger partial charge in [0.1, 0.15) is 11.6 Å². The molecule has 0 aliphatic carbocycles. The third-order valence-electron chi connectivity index (χ3n) is 5.26. The Bertz CT molecular complexity index is 1150. The molecule has 0 unspecified atom stereocenters. The Morgan fingerprint density at radius 2 is 1.69 bits per heavy atom. The van der Waals surface area contributed by atoms with E-state index in [9.17, 15) is 4.79 Å². The monoisotopic (exact) mass is 428 g/mol. The van der Waals surface area contributed by atoms with Crippen LogP contribution in [0, 0.1) is 0 Å². The van der Waals surface area contributed by atoms with Crippen molar-refractivity contribution in [3.05, 3.63) is 90.3 Å². The van der Waals surface area contributed by atoms with Crippen LogP contribution in [-0.4, -0.2) is 28.7 Å². The number of urea groups is 1. The molecule has 4 aromatic rings. The van der Waals surface area contributed by atoms with E-state index in [4.69, 9.17) is 9.72 Å². The van der Waals surface area contributed by atoms with Gasteiger partial charge in [-0.15, -0.1) is 0 Å². The lowest BCUT2D eigenvalue weighted by molar-refractivity contribution is 0.251. The summed E-state index contributed by atoms with van der Waals surface area (Å²) in [6.07, 6.45) is 1.77. The van der Waals surface area contributed by atoms with E-state index in [2.05, 4.69) is 45.5 Å². The van der Waals surface area contributed by atoms with Gasteiger partial charge in [-0.1, -0.05) is 42.5 Å². The molecule has 6 heteroatoms. The predicted octanol–water partition coefficient (Wildman–Crippen LogP) is 5.04. The van der Waals surface area contributed by atoms with Crippen LogP contribution in [0.4, 0.5) is 10.5 Å². The Kier molecular flexibility index (Phi) is 7.02. The van der Waals surface area contributed by atoms with E-state index in [0.717, 1.165) is 41.1 Å². The second-order valence-corrected chi connectivity index (χ2v) is 7.49. The summed E-state index contributed by atoms with van der Waals surface area (Å²) in [5.74, 6) is 1.82. The molecule has 32 heavy (non-hydrogen) atoms. The number of imidazole rings is 1. The predicted molar refractivity (Wildman–Crippen MR) is 128 cm³/mol. The number of para-hydroxylation sites is 2. The standard InChI is InChI=1S/C26H28N4O2/c1-2-32-22-15-13-21(14-16-22)28-26(31)27-18-19-30-24-11-7-6-10-23(24)29-25(30)17-12-20-8-4-3-5-9-20/h3-11,13-16H,2,12,17-19H2,1H3,(H2,27,28,31). The van der Waals surface area contributed by atoms with Crippen LogP contribution >= 0.6 is 0 Å². The quantitative estimate of drug-likeness (QED) is 0.392. The Morgan fingerprint density at radius 1 is 0.938 bits per heavy atom. The number of amides is 2. The number of nitrogens with one attached hydrogen (secondary N) is 2. The van der Waals surface area contributed by atoms with Gasteiger partial charge in [-0.05, 0) is 55.3 Å². The lowest BCUT2D eigenvalue weighted by Gasteiger charge is -2.12. The number of rotatable bonds is 9. The van der Waals surface area contributed by atoms with Gasteiger partial charge >= 0.3 is 6.03 Å². The van der Waals surface area contributed by atoms with Crippen molar-refractivity contribution in [2.45, 2.75) is 26.3 Å². The third-order valence-corrected chi connectivity index (χ3v) is 5.26. The van der Waals surface area contributed by atoms with Crippen molar-refractivity contribution in [3.8, 4) is 5.75 Å². The summed E-state index contributed by atoms with van der Waals surface area (Å²) in [7, 11) is 0. The van der Waals surface area contributed by atoms with Gasteiger partial charge in [-0.25, -0.2) is 9.78 Å². The first-order valence-electron chi connectivity index (χ1n) is 11.0. The number of nitrogens with zero attached hydrogens (tertiary/aromatic N) is 2. The zero-order valence-electron chi connectivity index (χ0n) is 18.3. The fourth-order valence-electron chi connectivity index (χ4n) is 3.72. The van der Waals surface area contributed by atoms with E-state index in [1.54, 1.807) is 0 Å². The minimum Gasteiger partial charge on any atom is -0.494 e. The van der Waals surface area contributed by atoms with Gasteiger partial charge in [0.25, 0.3) is 0 Å². The summed E-state index contributed by atoms with van der Waals surface area (Å²) in [6, 6.07) is 25.7. The average Bonchev–Trinajstić information content (AvgIpc) is 3.17. The smallest absolute Gasteiger partial charge is 0.319 e. The maximum absolute atomic E-state index is 12.3. The number of carbonyl (C=O) groups excluding carboxylic acids is 1. The molecule has 0 saturated heterocycles. The molecule has 3 aromatic carbocycles. The molecule has 0 radical (unpaired) electrons. The number of hydrogen-bond acceptors (Lipinski definition) is 3. The Hall–Kier alpha value is -3.80. The Balaban J connectivity index is 1.37. The normalized spacial score (nSPS) is 10.8. The van der Waals surface area contributed by atoms with Crippen LogP contribution in [-0.2, 0) is 19.4 Å². The Morgan fingerprint density at radius 3 is 2.47 bits per heavy atom. The summed E-state index contributed by atoms with van der Waals surface area (Å²) in [5, 5.41) is 5.80. The number of ether oxygens (including phenoxy) is 1. The lowest BCUT2D eigenvalue weighted by atomic mass is 10.1. The van der Waals surface area contributed by atoms with Gasteiger partial charge in [0, 0.05) is 25.2 Å². The van der Waals surface area contributed by atoms with E-state index < -0.39 is 0 Å². The molecule has 164 valence electrons. The van der Waals surface area contributed by atoms with E-state index in [0.29, 0.717) is 19.7 Å². The highest BCUT2D eigenvalue weighted by Crippen LogP contribution is 2.18. The Labute approximate surface area is 188 Å². The molecule has 0 aliphatic rings. The highest BCUT2D eigenvalue weighted by atomic mass is 16.5. The number of fused-ring (bicyclic) bond motifs is 1. The molecule has 0 atom stereocenters. The van der Waals surface area contributed by atoms with Crippen molar-refractivity contribution < 1.29 is 9.53 Å². The summed E-state index contributed by atoms with van der Waals surface area (Å²) in [6.45, 7) is 3.71. The minimum atomic E-state index is -0.232. The van der Waals surface area contributed by atoms with Gasteiger partial charge in [-0.3, -0.25) is 0 Å². The molecule has 0 spiro atoms. The molecule has 0 aliphatic heterocycles. The number of carbonyl (C=O) groups is 1. The van der Waals surface area contributed by atoms with E-state index >= 15 is 0 Å². The number of benzene rings is 3. The number of aryl methyl sites for hydroxylation is 2. The van der Waals surface area contributed by atoms with Crippen LogP contribution in [0.3, 0.4) is 0 Å². The maximum atomic E-state index is 12.3. The highest BCUT2D eigenvalue weighted by Gasteiger charge is 2.11. The van der Waals surface area contributed by atoms with Crippen LogP contribution in [0.1, 0.15) is 18.3 Å². The van der Waals surface area contributed by atoms with Crippen molar-refractivity contribution in [1.82, 2.24) is 14.9 Å². The molecule has 4 rings (SSSR count). The maximum Gasteiger partial charge on any atom is 0.319 e. The van der Waals surface area contributed by atoms with Crippen LogP contribution in [0.2, 0.25) is 0 Å². The van der Waals surface area contributed by atoms with Gasteiger partial charge in [0.2, 0.25) is 0 Å². The second kappa shape index (κ2) is 10.5. The van der Waals surface area contributed by atoms with Crippen molar-refractivity contribution in [3.63, 3.8) is 0 Å².